The van der Waals surface area contributed by atoms with E-state index in [4.69, 9.17) is 0 Å². The van der Waals surface area contributed by atoms with E-state index in [1.165, 1.54) is 24.1 Å². The Morgan fingerprint density at radius 1 is 0.651 bits per heavy atom. The van der Waals surface area contributed by atoms with Crippen LogP contribution in [0.5, 0.6) is 0 Å². The van der Waals surface area contributed by atoms with E-state index in [-0.39, 0.29) is 13.1 Å². The minimum atomic E-state index is -4.46. The Labute approximate surface area is 257 Å². The van der Waals surface area contributed by atoms with E-state index in [1.54, 1.807) is 6.16 Å². The van der Waals surface area contributed by atoms with E-state index in [1.807, 2.05) is 0 Å². The molecule has 12 heterocycles. The van der Waals surface area contributed by atoms with Crippen LogP contribution in [-0.4, -0.2) is 73.0 Å². The fourth-order valence-corrected chi connectivity index (χ4v) is 126. The molecule has 0 aliphatic carbocycles. The second kappa shape index (κ2) is 4.03. The van der Waals surface area contributed by atoms with Gasteiger partial charge in [0, 0.05) is 0 Å². The van der Waals surface area contributed by atoms with Gasteiger partial charge in [0.05, 0.1) is 0 Å². The van der Waals surface area contributed by atoms with Gasteiger partial charge in [-0.1, -0.05) is 0 Å². The van der Waals surface area contributed by atoms with E-state index in [0.29, 0.717) is 46.2 Å². The Bertz CT molecular complexity index is 1760. The number of piperazine rings is 2. The number of hydrogen-bond donors (Lipinski definition) is 4. The van der Waals surface area contributed by atoms with Gasteiger partial charge < -0.3 is 0 Å². The average molecular weight is 671 g/mol. The summed E-state index contributed by atoms with van der Waals surface area (Å²) in [7, 11) is 3.77. The first kappa shape index (κ1) is 27.1. The molecule has 0 saturated carbocycles. The van der Waals surface area contributed by atoms with Crippen LogP contribution in [0.1, 0.15) is 83.1 Å². The third kappa shape index (κ3) is 0.682. The van der Waals surface area contributed by atoms with Gasteiger partial charge in [-0.05, 0) is 0 Å². The predicted octanol–water partition coefficient (Wildman–Crippen LogP) is 7.76. The maximum absolute atomic E-state index is 4.46. The Morgan fingerprint density at radius 3 is 1.40 bits per heavy atom. The zero-order valence-electron chi connectivity index (χ0n) is 29.4. The zero-order valence-corrected chi connectivity index (χ0v) is 32.6. The fraction of sp³-hybridized carbons (Fsp3) is 1.00. The van der Waals surface area contributed by atoms with Gasteiger partial charge in [-0.2, -0.15) is 0 Å². The van der Waals surface area contributed by atoms with Crippen LogP contribution >= 0.6 is 17.2 Å². The van der Waals surface area contributed by atoms with Crippen molar-refractivity contribution in [1.82, 2.24) is 21.3 Å². The molecule has 12 saturated heterocycles. The van der Waals surface area contributed by atoms with Crippen molar-refractivity contribution >= 4 is 17.2 Å². The molecule has 8 unspecified atom stereocenters. The third-order valence-electron chi connectivity index (χ3n) is 23.5. The van der Waals surface area contributed by atoms with Gasteiger partial charge >= 0.3 is 258 Å². The summed E-state index contributed by atoms with van der Waals surface area (Å²) in [4.78, 5) is 7.31. The standard InChI is InChI=1S/C31H59N4P2.C5H5.Fe/c1-27(2,3)23-17-22(31(36,24-18-32-13-15-34-24)25-19-33-14-16-35-25)21(26(23)28(4,5)6)20-37(29(7,8)9)30(10,11)12;1-2-4-5-3-1;/h17,24-25,32-35H,13-16,18-20,36H2,1-12H3;1-5H;. The molecule has 12 fully saturated rings. The molecule has 7 heteroatoms. The summed E-state index contributed by atoms with van der Waals surface area (Å²) >= 11 is 0. The van der Waals surface area contributed by atoms with Crippen LogP contribution in [0.3, 0.4) is 0 Å². The first-order valence-electron chi connectivity index (χ1n) is 18.2. The predicted molar refractivity (Wildman–Crippen MR) is 185 cm³/mol. The van der Waals surface area contributed by atoms with Gasteiger partial charge in [0.15, 0.2) is 0 Å². The molecular weight excluding hydrogens is 606 g/mol. The second-order valence-corrected chi connectivity index (χ2v) is 51.3. The van der Waals surface area contributed by atoms with Gasteiger partial charge in [-0.15, -0.1) is 0 Å². The first-order valence-corrected chi connectivity index (χ1v) is 26.3. The third-order valence-corrected chi connectivity index (χ3v) is 74.8. The van der Waals surface area contributed by atoms with Crippen molar-refractivity contribution in [2.45, 2.75) is 157 Å². The van der Waals surface area contributed by atoms with E-state index in [0.717, 1.165) is 48.4 Å². The van der Waals surface area contributed by atoms with Crippen LogP contribution in [0, 0.1) is 10.8 Å². The van der Waals surface area contributed by atoms with Gasteiger partial charge in [0.25, 0.3) is 0 Å². The SMILES string of the molecule is CC(C)(C)P(C[C]12[C]3(C(P)(C4CNCCN4)C4CNCCN4)[CH]4[C]5(C(C)(C)C)[C]1(C(C)(C)C)[Fe]42351678[CH]2[CH]1[CH]6[CH]7[CH]28)C(C)(C)C. The molecule has 0 bridgehead atoms. The first-order chi connectivity index (χ1) is 19.5. The molecule has 0 aromatic carbocycles. The van der Waals surface area contributed by atoms with Crippen molar-refractivity contribution in [1.29, 1.82) is 0 Å². The van der Waals surface area contributed by atoms with Crippen LogP contribution in [-0.2, 0) is 6.51 Å². The molecule has 0 aromatic heterocycles. The molecule has 246 valence electrons. The average Bonchev–Trinajstić information content (AvgIpc) is 3.84. The number of hydrogen-bond acceptors (Lipinski definition) is 4. The summed E-state index contributed by atoms with van der Waals surface area (Å²) in [6, 6.07) is 1.12. The summed E-state index contributed by atoms with van der Waals surface area (Å²) in [5, 5.41) is 17.6. The number of fused-ring (bicyclic) bond motifs is 10. The monoisotopic (exact) mass is 670 g/mol. The molecule has 0 amide bonds. The maximum atomic E-state index is 4.30. The van der Waals surface area contributed by atoms with E-state index >= 15 is 0 Å². The van der Waals surface area contributed by atoms with Crippen LogP contribution in [0.4, 0.5) is 0 Å². The second-order valence-electron chi connectivity index (χ2n) is 23.8. The van der Waals surface area contributed by atoms with Crippen molar-refractivity contribution in [2.75, 3.05) is 45.4 Å². The van der Waals surface area contributed by atoms with Crippen molar-refractivity contribution in [3.05, 3.63) is 0 Å². The summed E-state index contributed by atoms with van der Waals surface area (Å²) in [6.45, 7) is 35.1. The molecule has 0 radical (unpaired) electrons. The van der Waals surface area contributed by atoms with Gasteiger partial charge in [-0.3, -0.25) is 0 Å². The molecule has 43 heavy (non-hydrogen) atoms. The van der Waals surface area contributed by atoms with Crippen molar-refractivity contribution < 1.29 is 6.51 Å². The molecule has 4 N–H and O–H groups in total. The Hall–Kier alpha value is 1.22. The Kier molecular flexibility index (Phi) is 2.54. The molecule has 1 spiro atoms. The van der Waals surface area contributed by atoms with Crippen molar-refractivity contribution in [2.24, 2.45) is 10.8 Å². The molecular formula is C36H64FeN4P2. The summed E-state index contributed by atoms with van der Waals surface area (Å²) in [6.07, 6.45) is 1.63. The summed E-state index contributed by atoms with van der Waals surface area (Å²) < 4.78 is 2.75. The van der Waals surface area contributed by atoms with Crippen LogP contribution in [0.15, 0.2) is 0 Å². The molecule has 0 aromatic rings. The molecule has 8 atom stereocenters. The van der Waals surface area contributed by atoms with E-state index in [2.05, 4.69) is 114 Å². The quantitative estimate of drug-likeness (QED) is 0.179. The Balaban J connectivity index is 1.23. The van der Waals surface area contributed by atoms with Crippen LogP contribution in [0.25, 0.3) is 0 Å². The molecule has 12 rings (SSSR count). The summed E-state index contributed by atoms with van der Waals surface area (Å²) in [5.41, 5.74) is 0.866. The van der Waals surface area contributed by atoms with Gasteiger partial charge in [0.1, 0.15) is 0 Å². The van der Waals surface area contributed by atoms with Crippen LogP contribution in [0.2, 0.25) is 46.2 Å². The summed E-state index contributed by atoms with van der Waals surface area (Å²) in [5.74, 6) is 0. The molecule has 12 aliphatic rings. The van der Waals surface area contributed by atoms with Crippen molar-refractivity contribution in [3.8, 4) is 0 Å². The topological polar surface area (TPSA) is 48.1 Å². The Morgan fingerprint density at radius 2 is 1.09 bits per heavy atom. The number of rotatable bonds is 5. The van der Waals surface area contributed by atoms with E-state index < -0.39 is 6.51 Å². The van der Waals surface area contributed by atoms with Crippen LogP contribution < -0.4 is 21.3 Å². The molecule has 4 nitrogen and oxygen atoms in total. The minimum absolute atomic E-state index is 0.146. The normalized spacial score (nSPS) is 70.7. The van der Waals surface area contributed by atoms with E-state index in [9.17, 15) is 0 Å². The molecule has 12 aliphatic heterocycles. The van der Waals surface area contributed by atoms with Gasteiger partial charge in [0.2, 0.25) is 0 Å². The van der Waals surface area contributed by atoms with Gasteiger partial charge in [-0.25, -0.2) is 0 Å². The van der Waals surface area contributed by atoms with Crippen molar-refractivity contribution in [3.63, 3.8) is 0 Å². The fourth-order valence-electron chi connectivity index (χ4n) is 28.4. The zero-order chi connectivity index (χ0) is 30.8. The number of nitrogens with one attached hydrogen (secondary N) is 4.